The van der Waals surface area contributed by atoms with Crippen LogP contribution in [0.5, 0.6) is 0 Å². The number of rotatable bonds is 4. The predicted octanol–water partition coefficient (Wildman–Crippen LogP) is 3.00. The summed E-state index contributed by atoms with van der Waals surface area (Å²) in [5.74, 6) is -0.603. The van der Waals surface area contributed by atoms with Crippen molar-refractivity contribution in [2.24, 2.45) is 0 Å². The van der Waals surface area contributed by atoms with Gasteiger partial charge in [-0.3, -0.25) is 0 Å². The number of aromatic nitrogens is 1. The molecule has 0 atom stereocenters. The number of nitrogens with two attached hydrogens (primary N) is 1. The Morgan fingerprint density at radius 1 is 1.35 bits per heavy atom. The van der Waals surface area contributed by atoms with Crippen molar-refractivity contribution in [3.8, 4) is 0 Å². The van der Waals surface area contributed by atoms with E-state index in [4.69, 9.17) is 45.3 Å². The molecule has 0 spiro atoms. The highest BCUT2D eigenvalue weighted by atomic mass is 35.5. The number of halogens is 3. The van der Waals surface area contributed by atoms with Gasteiger partial charge in [-0.25, -0.2) is 4.79 Å². The number of pyridine rings is 1. The fraction of sp³-hybridized carbons (Fsp3) is 0.400. The van der Waals surface area contributed by atoms with Crippen molar-refractivity contribution >= 4 is 46.5 Å². The summed E-state index contributed by atoms with van der Waals surface area (Å²) in [7, 11) is 0. The Morgan fingerprint density at radius 3 is 2.59 bits per heavy atom. The maximum atomic E-state index is 11.7. The van der Waals surface area contributed by atoms with Crippen LogP contribution in [0.4, 0.5) is 5.69 Å². The SMILES string of the molecule is CCCCOC(=O)c1[nH+]c(Cl)c(Cl)c(N)c1Cl. The lowest BCUT2D eigenvalue weighted by Gasteiger charge is -2.04. The van der Waals surface area contributed by atoms with Crippen molar-refractivity contribution in [3.63, 3.8) is 0 Å². The maximum Gasteiger partial charge on any atom is 0.405 e. The number of hydrogen-bond acceptors (Lipinski definition) is 3. The molecule has 0 radical (unpaired) electrons. The van der Waals surface area contributed by atoms with Gasteiger partial charge in [0, 0.05) is 0 Å². The van der Waals surface area contributed by atoms with Crippen molar-refractivity contribution in [1.82, 2.24) is 0 Å². The van der Waals surface area contributed by atoms with E-state index >= 15 is 0 Å². The molecule has 1 aromatic rings. The van der Waals surface area contributed by atoms with Crippen LogP contribution in [0.15, 0.2) is 0 Å². The third-order valence-electron chi connectivity index (χ3n) is 2.06. The molecule has 0 amide bonds. The molecule has 1 rings (SSSR count). The van der Waals surface area contributed by atoms with Gasteiger partial charge in [-0.1, -0.05) is 36.5 Å². The van der Waals surface area contributed by atoms with E-state index in [-0.39, 0.29) is 26.6 Å². The van der Waals surface area contributed by atoms with E-state index in [1.54, 1.807) is 0 Å². The van der Waals surface area contributed by atoms with E-state index in [1.165, 1.54) is 0 Å². The van der Waals surface area contributed by atoms with E-state index in [9.17, 15) is 4.79 Å². The molecule has 1 heterocycles. The van der Waals surface area contributed by atoms with Gasteiger partial charge in [0.25, 0.3) is 5.15 Å². The van der Waals surface area contributed by atoms with Crippen LogP contribution < -0.4 is 10.7 Å². The number of nitrogens with one attached hydrogen (secondary N) is 1. The Kier molecular flexibility index (Phi) is 5.31. The molecule has 0 aliphatic rings. The number of anilines is 1. The minimum absolute atomic E-state index is 0.00895. The van der Waals surface area contributed by atoms with Gasteiger partial charge in [0.05, 0.1) is 12.3 Å². The molecule has 0 fully saturated rings. The minimum Gasteiger partial charge on any atom is -0.458 e. The lowest BCUT2D eigenvalue weighted by Crippen LogP contribution is -2.22. The molecule has 0 aliphatic carbocycles. The van der Waals surface area contributed by atoms with Crippen molar-refractivity contribution in [2.45, 2.75) is 19.8 Å². The first-order valence-electron chi connectivity index (χ1n) is 5.01. The largest absolute Gasteiger partial charge is 0.458 e. The lowest BCUT2D eigenvalue weighted by molar-refractivity contribution is -0.380. The number of nitrogen functional groups attached to an aromatic ring is 1. The number of carbonyl (C=O) groups is 1. The van der Waals surface area contributed by atoms with Gasteiger partial charge in [0.2, 0.25) is 0 Å². The minimum atomic E-state index is -0.603. The molecule has 0 aliphatic heterocycles. The zero-order valence-corrected chi connectivity index (χ0v) is 11.4. The Morgan fingerprint density at radius 2 is 2.00 bits per heavy atom. The van der Waals surface area contributed by atoms with Crippen LogP contribution in [0.3, 0.4) is 0 Å². The van der Waals surface area contributed by atoms with Crippen LogP contribution >= 0.6 is 34.8 Å². The first kappa shape index (κ1) is 14.4. The molecule has 0 saturated heterocycles. The number of aromatic amines is 1. The van der Waals surface area contributed by atoms with E-state index in [1.807, 2.05) is 6.92 Å². The number of carbonyl (C=O) groups excluding carboxylic acids is 1. The van der Waals surface area contributed by atoms with E-state index in [0.717, 1.165) is 12.8 Å². The fourth-order valence-corrected chi connectivity index (χ4v) is 1.70. The highest BCUT2D eigenvalue weighted by molar-refractivity contribution is 6.45. The highest BCUT2D eigenvalue weighted by Gasteiger charge is 2.27. The molecule has 17 heavy (non-hydrogen) atoms. The second-order valence-corrected chi connectivity index (χ2v) is 4.48. The number of ether oxygens (including phenoxy) is 1. The second-order valence-electron chi connectivity index (χ2n) is 3.35. The summed E-state index contributed by atoms with van der Waals surface area (Å²) < 4.78 is 4.99. The average Bonchev–Trinajstić information content (AvgIpc) is 2.31. The third-order valence-corrected chi connectivity index (χ3v) is 3.22. The summed E-state index contributed by atoms with van der Waals surface area (Å²) in [5, 5.41) is 0.152. The van der Waals surface area contributed by atoms with Crippen molar-refractivity contribution in [1.29, 1.82) is 0 Å². The van der Waals surface area contributed by atoms with Crippen molar-refractivity contribution in [3.05, 3.63) is 20.9 Å². The van der Waals surface area contributed by atoms with Crippen LogP contribution in [0.25, 0.3) is 0 Å². The van der Waals surface area contributed by atoms with Crippen LogP contribution in [-0.2, 0) is 4.74 Å². The van der Waals surface area contributed by atoms with Crippen LogP contribution in [-0.4, -0.2) is 12.6 Å². The Balaban J connectivity index is 2.94. The van der Waals surface area contributed by atoms with E-state index < -0.39 is 5.97 Å². The Bertz CT molecular complexity index is 438. The zero-order chi connectivity index (χ0) is 13.0. The van der Waals surface area contributed by atoms with Gasteiger partial charge in [-0.05, 0) is 18.0 Å². The first-order chi connectivity index (χ1) is 7.99. The predicted molar refractivity (Wildman–Crippen MR) is 67.6 cm³/mol. The van der Waals surface area contributed by atoms with Gasteiger partial charge >= 0.3 is 11.7 Å². The molecular formula is C10H12Cl3N2O2+. The lowest BCUT2D eigenvalue weighted by atomic mass is 10.3. The van der Waals surface area contributed by atoms with Crippen molar-refractivity contribution in [2.75, 3.05) is 12.3 Å². The summed E-state index contributed by atoms with van der Waals surface area (Å²) in [5.41, 5.74) is 5.66. The third kappa shape index (κ3) is 3.37. The molecule has 0 bridgehead atoms. The van der Waals surface area contributed by atoms with Gasteiger partial charge in [0.1, 0.15) is 10.0 Å². The topological polar surface area (TPSA) is 66.5 Å². The number of unbranched alkanes of at least 4 members (excludes halogenated alkanes) is 1. The summed E-state index contributed by atoms with van der Waals surface area (Å²) in [4.78, 5) is 14.2. The molecular weight excluding hydrogens is 286 g/mol. The highest BCUT2D eigenvalue weighted by Crippen LogP contribution is 2.32. The van der Waals surface area contributed by atoms with Gasteiger partial charge in [0.15, 0.2) is 0 Å². The van der Waals surface area contributed by atoms with Crippen LogP contribution in [0, 0.1) is 0 Å². The molecule has 0 aromatic carbocycles. The standard InChI is InChI=1S/C10H11Cl3N2O2/c1-2-3-4-17-10(16)8-5(11)7(14)6(12)9(13)15-8/h2-4H2,1H3,(H2,14,15)/p+1. The summed E-state index contributed by atoms with van der Waals surface area (Å²) in [6, 6.07) is 0. The van der Waals surface area contributed by atoms with Gasteiger partial charge < -0.3 is 10.5 Å². The smallest absolute Gasteiger partial charge is 0.405 e. The second kappa shape index (κ2) is 6.28. The number of esters is 1. The number of H-pyrrole nitrogens is 1. The average molecular weight is 299 g/mol. The summed E-state index contributed by atoms with van der Waals surface area (Å²) in [6.07, 6.45) is 1.70. The van der Waals surface area contributed by atoms with E-state index in [2.05, 4.69) is 4.98 Å². The molecule has 4 nitrogen and oxygen atoms in total. The molecule has 94 valence electrons. The van der Waals surface area contributed by atoms with Gasteiger partial charge in [-0.15, -0.1) is 0 Å². The van der Waals surface area contributed by atoms with Gasteiger partial charge in [-0.2, -0.15) is 4.98 Å². The molecule has 0 unspecified atom stereocenters. The van der Waals surface area contributed by atoms with Crippen molar-refractivity contribution < 1.29 is 14.5 Å². The molecule has 7 heteroatoms. The molecule has 1 aromatic heterocycles. The van der Waals surface area contributed by atoms with Crippen LogP contribution in [0.1, 0.15) is 30.3 Å². The monoisotopic (exact) mass is 297 g/mol. The zero-order valence-electron chi connectivity index (χ0n) is 9.15. The fourth-order valence-electron chi connectivity index (χ4n) is 1.09. The Labute approximate surface area is 114 Å². The maximum absolute atomic E-state index is 11.7. The quantitative estimate of drug-likeness (QED) is 0.528. The summed E-state index contributed by atoms with van der Waals surface area (Å²) in [6.45, 7) is 2.31. The van der Waals surface area contributed by atoms with E-state index in [0.29, 0.717) is 6.61 Å². The molecule has 0 saturated carbocycles. The number of hydrogen-bond donors (Lipinski definition) is 1. The molecule has 3 N–H and O–H groups in total. The van der Waals surface area contributed by atoms with Crippen LogP contribution in [0.2, 0.25) is 15.2 Å². The Hall–Kier alpha value is -0.710. The normalized spacial score (nSPS) is 10.4. The summed E-state index contributed by atoms with van der Waals surface area (Å²) >= 11 is 17.4. The first-order valence-corrected chi connectivity index (χ1v) is 6.14.